The molecule has 0 fully saturated rings. The van der Waals surface area contributed by atoms with Crippen LogP contribution in [0.25, 0.3) is 0 Å². The smallest absolute Gasteiger partial charge is 0.264 e. The zero-order valence-corrected chi connectivity index (χ0v) is 18.4. The number of nitrogens with zero attached hydrogens (tertiary/aromatic N) is 1. The third-order valence-corrected chi connectivity index (χ3v) is 6.92. The summed E-state index contributed by atoms with van der Waals surface area (Å²) in [5.74, 6) is -0.131. The van der Waals surface area contributed by atoms with Gasteiger partial charge in [-0.25, -0.2) is 8.42 Å². The minimum atomic E-state index is -3.94. The third-order valence-electron chi connectivity index (χ3n) is 4.73. The fourth-order valence-corrected chi connectivity index (χ4v) is 4.07. The van der Waals surface area contributed by atoms with Crippen molar-refractivity contribution in [2.24, 2.45) is 5.92 Å². The topological polar surface area (TPSA) is 66.5 Å². The number of hydrogen-bond acceptors (Lipinski definition) is 3. The monoisotopic (exact) mass is 422 g/mol. The van der Waals surface area contributed by atoms with E-state index in [0.717, 1.165) is 15.4 Å². The molecule has 28 heavy (non-hydrogen) atoms. The van der Waals surface area contributed by atoms with Gasteiger partial charge in [0.2, 0.25) is 5.91 Å². The molecule has 0 heterocycles. The molecule has 0 aromatic heterocycles. The van der Waals surface area contributed by atoms with E-state index in [1.807, 2.05) is 34.6 Å². The van der Waals surface area contributed by atoms with E-state index in [1.165, 1.54) is 0 Å². The second kappa shape index (κ2) is 8.97. The van der Waals surface area contributed by atoms with Gasteiger partial charge < -0.3 is 5.32 Å². The third kappa shape index (κ3) is 5.26. The van der Waals surface area contributed by atoms with Crippen LogP contribution in [-0.4, -0.2) is 26.9 Å². The van der Waals surface area contributed by atoms with Gasteiger partial charge in [0.25, 0.3) is 10.0 Å². The summed E-state index contributed by atoms with van der Waals surface area (Å²) in [6.45, 7) is 9.27. The van der Waals surface area contributed by atoms with Crippen molar-refractivity contribution < 1.29 is 13.2 Å². The highest BCUT2D eigenvalue weighted by Gasteiger charge is 2.28. The average molecular weight is 423 g/mol. The number of carbonyl (C=O) groups is 1. The van der Waals surface area contributed by atoms with Crippen LogP contribution in [0.3, 0.4) is 0 Å². The summed E-state index contributed by atoms with van der Waals surface area (Å²) < 4.78 is 27.7. The Morgan fingerprint density at radius 2 is 1.68 bits per heavy atom. The summed E-state index contributed by atoms with van der Waals surface area (Å²) in [5.41, 5.74) is 2.13. The molecule has 2 aromatic rings. The van der Waals surface area contributed by atoms with Crippen LogP contribution in [0.5, 0.6) is 0 Å². The van der Waals surface area contributed by atoms with Gasteiger partial charge in [-0.05, 0) is 56.5 Å². The highest BCUT2D eigenvalue weighted by atomic mass is 35.5. The molecule has 2 aromatic carbocycles. The van der Waals surface area contributed by atoms with Crippen LogP contribution >= 0.6 is 11.6 Å². The van der Waals surface area contributed by atoms with Crippen molar-refractivity contribution in [3.63, 3.8) is 0 Å². The summed E-state index contributed by atoms with van der Waals surface area (Å²) in [4.78, 5) is 12.7. The van der Waals surface area contributed by atoms with Crippen molar-refractivity contribution in [3.8, 4) is 0 Å². The van der Waals surface area contributed by atoms with E-state index >= 15 is 0 Å². The van der Waals surface area contributed by atoms with Gasteiger partial charge in [-0.3, -0.25) is 9.10 Å². The van der Waals surface area contributed by atoms with Crippen molar-refractivity contribution in [3.05, 3.63) is 58.6 Å². The molecule has 2 rings (SSSR count). The molecule has 0 aliphatic rings. The van der Waals surface area contributed by atoms with Crippen LogP contribution in [0.1, 0.15) is 31.9 Å². The molecule has 0 bridgehead atoms. The molecule has 152 valence electrons. The molecule has 1 amide bonds. The summed E-state index contributed by atoms with van der Waals surface area (Å²) in [6.07, 6.45) is 0. The number of carbonyl (C=O) groups excluding carboxylic acids is 1. The first-order valence-corrected chi connectivity index (χ1v) is 11.0. The number of anilines is 1. The SMILES string of the molecule is Cc1ccc(S(=O)(=O)N(CC(=O)NC(C)C(C)C)c2ccc(C)c(Cl)c2)cc1. The fraction of sp³-hybridized carbons (Fsp3) is 0.381. The number of sulfonamides is 1. The zero-order chi connectivity index (χ0) is 21.1. The lowest BCUT2D eigenvalue weighted by Gasteiger charge is -2.26. The summed E-state index contributed by atoms with van der Waals surface area (Å²) in [5, 5.41) is 3.30. The molecular weight excluding hydrogens is 396 g/mol. The molecule has 0 saturated carbocycles. The molecule has 1 atom stereocenters. The second-order valence-corrected chi connectivity index (χ2v) is 9.63. The first-order chi connectivity index (χ1) is 13.0. The van der Waals surface area contributed by atoms with E-state index in [2.05, 4.69) is 5.32 Å². The van der Waals surface area contributed by atoms with E-state index in [0.29, 0.717) is 10.7 Å². The van der Waals surface area contributed by atoms with Crippen LogP contribution in [-0.2, 0) is 14.8 Å². The minimum Gasteiger partial charge on any atom is -0.352 e. The van der Waals surface area contributed by atoms with Gasteiger partial charge in [0.05, 0.1) is 10.6 Å². The maximum Gasteiger partial charge on any atom is 0.264 e. The number of benzene rings is 2. The summed E-state index contributed by atoms with van der Waals surface area (Å²) in [6, 6.07) is 11.4. The fourth-order valence-electron chi connectivity index (χ4n) is 2.49. The maximum absolute atomic E-state index is 13.3. The number of rotatable bonds is 7. The molecule has 0 radical (unpaired) electrons. The van der Waals surface area contributed by atoms with Gasteiger partial charge >= 0.3 is 0 Å². The van der Waals surface area contributed by atoms with Gasteiger partial charge in [0.15, 0.2) is 0 Å². The Morgan fingerprint density at radius 3 is 2.21 bits per heavy atom. The molecule has 1 N–H and O–H groups in total. The molecule has 0 spiro atoms. The Labute approximate surface area is 172 Å². The predicted octanol–water partition coefficient (Wildman–Crippen LogP) is 4.31. The number of aryl methyl sites for hydroxylation is 2. The lowest BCUT2D eigenvalue weighted by Crippen LogP contribution is -2.45. The Balaban J connectivity index is 2.44. The van der Waals surface area contributed by atoms with Crippen molar-refractivity contribution in [1.29, 1.82) is 0 Å². The quantitative estimate of drug-likeness (QED) is 0.722. The minimum absolute atomic E-state index is 0.0713. The number of halogens is 1. The zero-order valence-electron chi connectivity index (χ0n) is 16.9. The maximum atomic E-state index is 13.3. The normalized spacial score (nSPS) is 12.7. The van der Waals surface area contributed by atoms with E-state index in [9.17, 15) is 13.2 Å². The van der Waals surface area contributed by atoms with Crippen molar-refractivity contribution in [2.75, 3.05) is 10.8 Å². The van der Waals surface area contributed by atoms with E-state index in [-0.39, 0.29) is 29.3 Å². The van der Waals surface area contributed by atoms with Crippen LogP contribution in [0.2, 0.25) is 5.02 Å². The van der Waals surface area contributed by atoms with Gasteiger partial charge in [-0.1, -0.05) is 49.2 Å². The Kier molecular flexibility index (Phi) is 7.12. The highest BCUT2D eigenvalue weighted by molar-refractivity contribution is 7.92. The van der Waals surface area contributed by atoms with Crippen LogP contribution in [0, 0.1) is 19.8 Å². The summed E-state index contributed by atoms with van der Waals surface area (Å²) in [7, 11) is -3.94. The second-order valence-electron chi connectivity index (χ2n) is 7.36. The largest absolute Gasteiger partial charge is 0.352 e. The van der Waals surface area contributed by atoms with E-state index in [1.54, 1.807) is 42.5 Å². The summed E-state index contributed by atoms with van der Waals surface area (Å²) >= 11 is 6.22. The Hall–Kier alpha value is -2.05. The van der Waals surface area contributed by atoms with E-state index < -0.39 is 10.0 Å². The molecule has 0 saturated heterocycles. The standard InChI is InChI=1S/C21H27ClN2O3S/c1-14(2)17(5)23-21(25)13-24(18-9-8-16(4)20(22)12-18)28(26,27)19-10-6-15(3)7-11-19/h6-12,14,17H,13H2,1-5H3,(H,23,25). The first kappa shape index (κ1) is 22.2. The Bertz CT molecular complexity index is 941. The molecule has 0 aliphatic heterocycles. The van der Waals surface area contributed by atoms with E-state index in [4.69, 9.17) is 11.6 Å². The van der Waals surface area contributed by atoms with Crippen molar-refractivity contribution in [2.45, 2.75) is 45.6 Å². The molecule has 0 aliphatic carbocycles. The number of nitrogens with one attached hydrogen (secondary N) is 1. The average Bonchev–Trinajstić information content (AvgIpc) is 2.62. The van der Waals surface area contributed by atoms with Gasteiger partial charge in [-0.2, -0.15) is 0 Å². The number of amides is 1. The number of hydrogen-bond donors (Lipinski definition) is 1. The van der Waals surface area contributed by atoms with Crippen LogP contribution < -0.4 is 9.62 Å². The molecule has 5 nitrogen and oxygen atoms in total. The van der Waals surface area contributed by atoms with Gasteiger partial charge in [0.1, 0.15) is 6.54 Å². The van der Waals surface area contributed by atoms with Gasteiger partial charge in [0, 0.05) is 11.1 Å². The van der Waals surface area contributed by atoms with Gasteiger partial charge in [-0.15, -0.1) is 0 Å². The van der Waals surface area contributed by atoms with Crippen molar-refractivity contribution in [1.82, 2.24) is 5.32 Å². The molecule has 7 heteroatoms. The van der Waals surface area contributed by atoms with Crippen molar-refractivity contribution >= 4 is 33.2 Å². The van der Waals surface area contributed by atoms with Crippen LogP contribution in [0.4, 0.5) is 5.69 Å². The molecule has 1 unspecified atom stereocenters. The Morgan fingerprint density at radius 1 is 1.07 bits per heavy atom. The first-order valence-electron chi connectivity index (χ1n) is 9.17. The lowest BCUT2D eigenvalue weighted by molar-refractivity contribution is -0.120. The highest BCUT2D eigenvalue weighted by Crippen LogP contribution is 2.28. The lowest BCUT2D eigenvalue weighted by atomic mass is 10.1. The predicted molar refractivity (Wildman–Crippen MR) is 114 cm³/mol. The molecular formula is C21H27ClN2O3S. The van der Waals surface area contributed by atoms with Crippen LogP contribution in [0.15, 0.2) is 47.4 Å².